The Balaban J connectivity index is 1.43. The number of nitrogens with zero attached hydrogens (tertiary/aromatic N) is 6. The molecule has 0 radical (unpaired) electrons. The Bertz CT molecular complexity index is 1180. The fraction of sp³-hybridized carbons (Fsp3) is 0.368. The number of rotatable bonds is 4. The third-order valence-electron chi connectivity index (χ3n) is 5.58. The van der Waals surface area contributed by atoms with E-state index >= 15 is 0 Å². The summed E-state index contributed by atoms with van der Waals surface area (Å²) in [6, 6.07) is 6.90. The van der Waals surface area contributed by atoms with Gasteiger partial charge in [0.15, 0.2) is 0 Å². The third-order valence-corrected chi connectivity index (χ3v) is 8.37. The Morgan fingerprint density at radius 1 is 1.03 bits per heavy atom. The number of fused-ring (bicyclic) bond motifs is 1. The molecule has 11 heteroatoms. The zero-order valence-electron chi connectivity index (χ0n) is 16.1. The summed E-state index contributed by atoms with van der Waals surface area (Å²) < 4.78 is 29.0. The van der Waals surface area contributed by atoms with E-state index in [1.54, 1.807) is 33.5 Å². The molecule has 3 aromatic rings. The molecule has 0 aliphatic carbocycles. The van der Waals surface area contributed by atoms with Crippen molar-refractivity contribution in [2.75, 3.05) is 24.5 Å². The largest absolute Gasteiger partial charge is 0.307 e. The first-order valence-electron chi connectivity index (χ1n) is 9.81. The van der Waals surface area contributed by atoms with Gasteiger partial charge in [0, 0.05) is 25.3 Å². The smallest absolute Gasteiger partial charge is 0.270 e. The van der Waals surface area contributed by atoms with Crippen LogP contribution in [0.25, 0.3) is 5.69 Å². The average Bonchev–Trinajstić information content (AvgIpc) is 3.53. The number of carbonyl (C=O) groups excluding carboxylic acids is 1. The van der Waals surface area contributed by atoms with Gasteiger partial charge in [0.2, 0.25) is 10.0 Å². The van der Waals surface area contributed by atoms with Crippen molar-refractivity contribution in [3.8, 4) is 5.69 Å². The van der Waals surface area contributed by atoms with Crippen molar-refractivity contribution < 1.29 is 13.2 Å². The summed E-state index contributed by atoms with van der Waals surface area (Å²) in [4.78, 5) is 15.8. The predicted octanol–water partition coefficient (Wildman–Crippen LogP) is 2.10. The Morgan fingerprint density at radius 2 is 1.87 bits per heavy atom. The number of aromatic nitrogens is 4. The van der Waals surface area contributed by atoms with Crippen LogP contribution < -0.4 is 4.90 Å². The Labute approximate surface area is 178 Å². The van der Waals surface area contributed by atoms with Gasteiger partial charge in [0.25, 0.3) is 5.91 Å². The fourth-order valence-corrected chi connectivity index (χ4v) is 6.44. The minimum absolute atomic E-state index is 0.138. The zero-order chi connectivity index (χ0) is 20.7. The molecule has 1 saturated heterocycles. The highest BCUT2D eigenvalue weighted by molar-refractivity contribution is 7.89. The van der Waals surface area contributed by atoms with Crippen LogP contribution in [0.2, 0.25) is 0 Å². The minimum atomic E-state index is -3.49. The van der Waals surface area contributed by atoms with E-state index in [9.17, 15) is 13.2 Å². The van der Waals surface area contributed by atoms with Gasteiger partial charge in [-0.1, -0.05) is 6.42 Å². The molecule has 1 aromatic carbocycles. The number of tetrazole rings is 1. The lowest BCUT2D eigenvalue weighted by Gasteiger charge is -2.26. The van der Waals surface area contributed by atoms with Crippen molar-refractivity contribution in [1.82, 2.24) is 24.5 Å². The standard InChI is InChI=1S/C19H20N6O3S2/c26-19(18-17(7-11-29-18)25-13-20-21-22-25)24-10-6-14-12-15(4-5-16(14)24)30(27,28)23-8-2-1-3-9-23/h4-5,7,11-13H,1-3,6,8-10H2. The molecule has 9 nitrogen and oxygen atoms in total. The lowest BCUT2D eigenvalue weighted by atomic mass is 10.2. The van der Waals surface area contributed by atoms with Gasteiger partial charge in [0.1, 0.15) is 11.2 Å². The van der Waals surface area contributed by atoms with Crippen molar-refractivity contribution in [3.63, 3.8) is 0 Å². The first-order valence-corrected chi connectivity index (χ1v) is 12.1. The average molecular weight is 445 g/mol. The maximum atomic E-state index is 13.2. The number of benzene rings is 1. The van der Waals surface area contributed by atoms with Crippen LogP contribution in [0.4, 0.5) is 5.69 Å². The van der Waals surface area contributed by atoms with Crippen LogP contribution in [0.5, 0.6) is 0 Å². The van der Waals surface area contributed by atoms with E-state index in [0.29, 0.717) is 41.5 Å². The van der Waals surface area contributed by atoms with E-state index in [4.69, 9.17) is 0 Å². The second kappa shape index (κ2) is 7.56. The summed E-state index contributed by atoms with van der Waals surface area (Å²) in [6.45, 7) is 1.65. The summed E-state index contributed by atoms with van der Waals surface area (Å²) in [5.74, 6) is -0.138. The molecule has 0 bridgehead atoms. The lowest BCUT2D eigenvalue weighted by Crippen LogP contribution is -2.35. The highest BCUT2D eigenvalue weighted by Gasteiger charge is 2.31. The second-order valence-electron chi connectivity index (χ2n) is 7.35. The fourth-order valence-electron chi connectivity index (χ4n) is 4.04. The molecule has 1 amide bonds. The number of hydrogen-bond donors (Lipinski definition) is 0. The molecular weight excluding hydrogens is 424 g/mol. The third kappa shape index (κ3) is 3.22. The number of hydrogen-bond acceptors (Lipinski definition) is 7. The summed E-state index contributed by atoms with van der Waals surface area (Å²) in [6.07, 6.45) is 4.95. The summed E-state index contributed by atoms with van der Waals surface area (Å²) in [5.41, 5.74) is 2.27. The molecule has 0 unspecified atom stereocenters. The zero-order valence-corrected chi connectivity index (χ0v) is 17.8. The van der Waals surface area contributed by atoms with E-state index in [2.05, 4.69) is 15.5 Å². The molecule has 5 rings (SSSR count). The molecule has 2 aromatic heterocycles. The molecule has 156 valence electrons. The van der Waals surface area contributed by atoms with E-state index in [1.807, 2.05) is 5.38 Å². The topological polar surface area (TPSA) is 101 Å². The predicted molar refractivity (Wildman–Crippen MR) is 111 cm³/mol. The van der Waals surface area contributed by atoms with Crippen molar-refractivity contribution >= 4 is 33.0 Å². The van der Waals surface area contributed by atoms with Gasteiger partial charge in [-0.15, -0.1) is 16.4 Å². The van der Waals surface area contributed by atoms with Crippen LogP contribution in [0.15, 0.2) is 40.9 Å². The van der Waals surface area contributed by atoms with Crippen LogP contribution >= 0.6 is 11.3 Å². The van der Waals surface area contributed by atoms with Crippen molar-refractivity contribution in [3.05, 3.63) is 46.4 Å². The van der Waals surface area contributed by atoms with Crippen LogP contribution in [0, 0.1) is 0 Å². The normalized spacial score (nSPS) is 17.3. The van der Waals surface area contributed by atoms with Gasteiger partial charge in [-0.05, 0) is 64.9 Å². The molecule has 4 heterocycles. The SMILES string of the molecule is O=C(c1sccc1-n1cnnn1)N1CCc2cc(S(=O)(=O)N3CCCCC3)ccc21. The Kier molecular flexibility index (Phi) is 4.88. The number of anilines is 1. The summed E-state index contributed by atoms with van der Waals surface area (Å²) in [7, 11) is -3.49. The molecule has 1 fully saturated rings. The first-order chi connectivity index (χ1) is 14.6. The quantitative estimate of drug-likeness (QED) is 0.611. The van der Waals surface area contributed by atoms with Crippen molar-refractivity contribution in [2.45, 2.75) is 30.6 Å². The Hall–Kier alpha value is -2.63. The molecule has 2 aliphatic heterocycles. The molecule has 0 N–H and O–H groups in total. The van der Waals surface area contributed by atoms with E-state index in [1.165, 1.54) is 22.3 Å². The molecule has 0 spiro atoms. The van der Waals surface area contributed by atoms with Gasteiger partial charge < -0.3 is 4.90 Å². The lowest BCUT2D eigenvalue weighted by molar-refractivity contribution is 0.0993. The van der Waals surface area contributed by atoms with Crippen LogP contribution in [0.1, 0.15) is 34.5 Å². The van der Waals surface area contributed by atoms with E-state index in [0.717, 1.165) is 30.5 Å². The van der Waals surface area contributed by atoms with Crippen molar-refractivity contribution in [2.24, 2.45) is 0 Å². The number of sulfonamides is 1. The van der Waals surface area contributed by atoms with Crippen LogP contribution in [-0.4, -0.2) is 58.5 Å². The monoisotopic (exact) mass is 444 g/mol. The highest BCUT2D eigenvalue weighted by atomic mass is 32.2. The number of piperidine rings is 1. The first kappa shape index (κ1) is 19.3. The molecule has 0 saturated carbocycles. The maximum Gasteiger partial charge on any atom is 0.270 e. The second-order valence-corrected chi connectivity index (χ2v) is 10.2. The number of carbonyl (C=O) groups is 1. The van der Waals surface area contributed by atoms with Gasteiger partial charge in [-0.3, -0.25) is 4.79 Å². The minimum Gasteiger partial charge on any atom is -0.307 e. The summed E-state index contributed by atoms with van der Waals surface area (Å²) in [5, 5.41) is 13.0. The number of thiophene rings is 1. The van der Waals surface area contributed by atoms with E-state index < -0.39 is 10.0 Å². The van der Waals surface area contributed by atoms with Gasteiger partial charge >= 0.3 is 0 Å². The van der Waals surface area contributed by atoms with Crippen molar-refractivity contribution in [1.29, 1.82) is 0 Å². The summed E-state index contributed by atoms with van der Waals surface area (Å²) >= 11 is 1.33. The molecule has 2 aliphatic rings. The Morgan fingerprint density at radius 3 is 2.63 bits per heavy atom. The molecular formula is C19H20N6O3S2. The highest BCUT2D eigenvalue weighted by Crippen LogP contribution is 2.34. The van der Waals surface area contributed by atoms with Gasteiger partial charge in [-0.2, -0.15) is 8.99 Å². The van der Waals surface area contributed by atoms with Crippen LogP contribution in [-0.2, 0) is 16.4 Å². The molecule has 0 atom stereocenters. The van der Waals surface area contributed by atoms with E-state index in [-0.39, 0.29) is 5.91 Å². The van der Waals surface area contributed by atoms with Gasteiger partial charge in [0.05, 0.1) is 10.6 Å². The van der Waals surface area contributed by atoms with Gasteiger partial charge in [-0.25, -0.2) is 8.42 Å². The molecule has 30 heavy (non-hydrogen) atoms. The number of amides is 1. The maximum absolute atomic E-state index is 13.2. The van der Waals surface area contributed by atoms with Crippen LogP contribution in [0.3, 0.4) is 0 Å².